The number of nitrogens with one attached hydrogen (secondary N) is 2. The Balaban J connectivity index is 0.000000195. The fourth-order valence-electron chi connectivity index (χ4n) is 10.5. The van der Waals surface area contributed by atoms with Crippen LogP contribution in [0.2, 0.25) is 0 Å². The molecule has 0 unspecified atom stereocenters. The number of hydrogen-bond acceptors (Lipinski definition) is 12. The van der Waals surface area contributed by atoms with Crippen LogP contribution in [0.25, 0.3) is 67.9 Å². The fraction of sp³-hybridized carbons (Fsp3) is 0.103. The molecule has 0 bridgehead atoms. The molecule has 0 radical (unpaired) electrons. The summed E-state index contributed by atoms with van der Waals surface area (Å²) in [6.07, 6.45) is 0. The van der Waals surface area contributed by atoms with Crippen LogP contribution in [0.1, 0.15) is 74.8 Å². The van der Waals surface area contributed by atoms with Crippen molar-refractivity contribution in [2.24, 2.45) is 0 Å². The minimum absolute atomic E-state index is 0.0714. The number of carbonyl (C=O) groups excluding carboxylic acids is 4. The molecule has 2 heterocycles. The first-order chi connectivity index (χ1) is 46.4. The van der Waals surface area contributed by atoms with Gasteiger partial charge in [0.1, 0.15) is 13.1 Å². The first-order valence-electron chi connectivity index (χ1n) is 30.6. The van der Waals surface area contributed by atoms with Crippen LogP contribution in [-0.2, 0) is 22.7 Å². The molecule has 0 saturated carbocycles. The summed E-state index contributed by atoms with van der Waals surface area (Å²) in [5, 5.41) is 33.0. The molecular weight excluding hydrogens is 1210 g/mol. The number of aliphatic carboxylic acids is 2. The predicted octanol–water partition coefficient (Wildman–Crippen LogP) is 15.3. The lowest BCUT2D eigenvalue weighted by atomic mass is 10.0. The monoisotopic (exact) mass is 1270 g/mol. The molecule has 18 heteroatoms. The summed E-state index contributed by atoms with van der Waals surface area (Å²) in [6, 6.07) is 74.1. The van der Waals surface area contributed by atoms with Crippen molar-refractivity contribution in [1.29, 1.82) is 0 Å². The number of carbonyl (C=O) groups is 6. The van der Waals surface area contributed by atoms with Crippen LogP contribution in [0.3, 0.4) is 0 Å². The smallest absolute Gasteiger partial charge is 0.323 e. The Morgan fingerprint density at radius 3 is 1.15 bits per heavy atom. The Morgan fingerprint density at radius 2 is 0.750 bits per heavy atom. The summed E-state index contributed by atoms with van der Waals surface area (Å²) in [5.41, 5.74) is 15.8. The molecule has 10 aromatic carbocycles. The van der Waals surface area contributed by atoms with Crippen LogP contribution in [0.5, 0.6) is 0 Å². The van der Waals surface area contributed by atoms with Crippen molar-refractivity contribution in [3.63, 3.8) is 0 Å². The number of nitrogens with zero attached hydrogens (tertiary/aromatic N) is 6. The van der Waals surface area contributed by atoms with Gasteiger partial charge in [0.2, 0.25) is 11.6 Å². The minimum Gasteiger partial charge on any atom is -0.480 e. The third kappa shape index (κ3) is 16.5. The lowest BCUT2D eigenvalue weighted by molar-refractivity contribution is -0.138. The van der Waals surface area contributed by atoms with Gasteiger partial charge in [-0.1, -0.05) is 179 Å². The molecule has 4 amide bonds. The summed E-state index contributed by atoms with van der Waals surface area (Å²) in [7, 11) is 0. The van der Waals surface area contributed by atoms with E-state index < -0.39 is 36.8 Å². The molecule has 0 spiro atoms. The minimum atomic E-state index is -1.13. The molecule has 96 heavy (non-hydrogen) atoms. The second-order valence-electron chi connectivity index (χ2n) is 23.0. The maximum absolute atomic E-state index is 13.4. The zero-order valence-electron chi connectivity index (χ0n) is 52.8. The third-order valence-corrected chi connectivity index (χ3v) is 15.7. The van der Waals surface area contributed by atoms with Crippen LogP contribution in [0.15, 0.2) is 252 Å². The van der Waals surface area contributed by atoms with Crippen molar-refractivity contribution in [2.45, 2.75) is 40.8 Å². The molecule has 2 aromatic heterocycles. The highest BCUT2D eigenvalue weighted by Crippen LogP contribution is 2.30. The number of rotatable bonds is 20. The summed E-state index contributed by atoms with van der Waals surface area (Å²) < 4.78 is 11.1. The van der Waals surface area contributed by atoms with E-state index in [1.165, 1.54) is 20.9 Å². The Labute approximate surface area is 553 Å². The average molecular weight is 1270 g/mol. The summed E-state index contributed by atoms with van der Waals surface area (Å²) >= 11 is 0. The summed E-state index contributed by atoms with van der Waals surface area (Å²) in [6.45, 7) is 7.06. The molecule has 0 aliphatic rings. The maximum Gasteiger partial charge on any atom is 0.323 e. The SMILES string of the molecule is Cc1ccc(-c2ccc(-c3nc(-c4ccc(CN(CC(=O)O)C(=O)c5ccc(NC(=O)c6cccc(C)c6)cc5)cc4)no3)cc2)cc1.Cc1ccc(-c2ccc(-c3nc(-c4ccc(CN(CC(=O)O)C(=O)c5ccc(NC(=O)c6ccccc6C)cc5)cc4)no3)cc2)cc1. The number of aryl methyl sites for hydroxylation is 4. The molecule has 0 atom stereocenters. The van der Waals surface area contributed by atoms with Gasteiger partial charge in [-0.15, -0.1) is 0 Å². The molecule has 476 valence electrons. The number of hydrogen-bond donors (Lipinski definition) is 4. The van der Waals surface area contributed by atoms with Gasteiger partial charge in [-0.05, 0) is 158 Å². The van der Waals surface area contributed by atoms with E-state index in [0.29, 0.717) is 68.2 Å². The third-order valence-electron chi connectivity index (χ3n) is 15.7. The van der Waals surface area contributed by atoms with Crippen molar-refractivity contribution in [3.05, 3.63) is 298 Å². The predicted molar refractivity (Wildman–Crippen MR) is 367 cm³/mol. The molecular formula is C78H64N8O10. The Bertz CT molecular complexity index is 4740. The Kier molecular flexibility index (Phi) is 20.1. The van der Waals surface area contributed by atoms with Crippen molar-refractivity contribution >= 4 is 46.9 Å². The van der Waals surface area contributed by atoms with Crippen molar-refractivity contribution in [1.82, 2.24) is 30.1 Å². The van der Waals surface area contributed by atoms with E-state index in [1.54, 1.807) is 121 Å². The lowest BCUT2D eigenvalue weighted by Gasteiger charge is -2.21. The van der Waals surface area contributed by atoms with Gasteiger partial charge in [0.25, 0.3) is 35.4 Å². The number of benzene rings is 10. The number of aromatic nitrogens is 4. The number of carboxylic acid groups (broad SMARTS) is 2. The van der Waals surface area contributed by atoms with E-state index in [1.807, 2.05) is 86.6 Å². The summed E-state index contributed by atoms with van der Waals surface area (Å²) in [4.78, 5) is 87.0. The summed E-state index contributed by atoms with van der Waals surface area (Å²) in [5.74, 6) is -2.08. The molecule has 4 N–H and O–H groups in total. The van der Waals surface area contributed by atoms with Crippen LogP contribution in [0, 0.1) is 27.7 Å². The van der Waals surface area contributed by atoms with Gasteiger partial charge in [0.15, 0.2) is 0 Å². The van der Waals surface area contributed by atoms with Gasteiger partial charge in [-0.3, -0.25) is 28.8 Å². The average Bonchev–Trinajstić information content (AvgIpc) is 1.51. The van der Waals surface area contributed by atoms with E-state index in [-0.39, 0.29) is 24.9 Å². The van der Waals surface area contributed by atoms with Gasteiger partial charge in [0.05, 0.1) is 0 Å². The van der Waals surface area contributed by atoms with E-state index >= 15 is 0 Å². The largest absolute Gasteiger partial charge is 0.480 e. The van der Waals surface area contributed by atoms with Gasteiger partial charge in [-0.25, -0.2) is 0 Å². The highest BCUT2D eigenvalue weighted by Gasteiger charge is 2.23. The molecule has 0 aliphatic carbocycles. The first kappa shape index (κ1) is 64.8. The second-order valence-corrected chi connectivity index (χ2v) is 23.0. The van der Waals surface area contributed by atoms with Crippen molar-refractivity contribution in [3.8, 4) is 67.9 Å². The number of carboxylic acids is 2. The zero-order valence-corrected chi connectivity index (χ0v) is 52.8. The van der Waals surface area contributed by atoms with E-state index in [2.05, 4.69) is 93.3 Å². The van der Waals surface area contributed by atoms with Crippen LogP contribution in [-0.4, -0.2) is 89.0 Å². The lowest BCUT2D eigenvalue weighted by Crippen LogP contribution is -2.35. The number of amides is 4. The second kappa shape index (κ2) is 29.7. The van der Waals surface area contributed by atoms with Gasteiger partial charge < -0.3 is 39.7 Å². The Morgan fingerprint density at radius 1 is 0.375 bits per heavy atom. The highest BCUT2D eigenvalue weighted by molar-refractivity contribution is 6.06. The van der Waals surface area contributed by atoms with Crippen LogP contribution >= 0.6 is 0 Å². The topological polar surface area (TPSA) is 251 Å². The molecule has 0 aliphatic heterocycles. The van der Waals surface area contributed by atoms with E-state index in [9.17, 15) is 39.0 Å². The standard InChI is InChI=1S/2C39H32N4O5/c1-25-6-10-28(11-7-25)29-14-16-31(17-15-29)38-41-36(42-48-38)30-12-8-27(9-13-30)23-43(24-35(44)45)39(47)32-18-20-34(21-19-32)40-37(46)33-5-3-4-26(2)22-33;1-25-7-11-28(12-8-25)29-15-17-31(18-16-29)38-41-36(42-48-38)30-13-9-27(10-14-30)23-43(24-35(44)45)39(47)32-19-21-33(22-20-32)40-37(46)34-6-4-3-5-26(34)2/h2*3-22H,23-24H2,1-2H3,(H,40,46)(H,44,45). The van der Waals surface area contributed by atoms with E-state index in [0.717, 1.165) is 55.6 Å². The molecule has 12 rings (SSSR count). The molecule has 0 saturated heterocycles. The Hall–Kier alpha value is -12.7. The van der Waals surface area contributed by atoms with E-state index in [4.69, 9.17) is 9.05 Å². The van der Waals surface area contributed by atoms with Crippen molar-refractivity contribution in [2.75, 3.05) is 23.7 Å². The van der Waals surface area contributed by atoms with Crippen molar-refractivity contribution < 1.29 is 48.0 Å². The van der Waals surface area contributed by atoms with Crippen LogP contribution in [0.4, 0.5) is 11.4 Å². The quantitative estimate of drug-likeness (QED) is 0.0554. The zero-order chi connectivity index (χ0) is 67.2. The van der Waals surface area contributed by atoms with Gasteiger partial charge >= 0.3 is 11.9 Å². The van der Waals surface area contributed by atoms with Crippen LogP contribution < -0.4 is 10.6 Å². The molecule has 12 aromatic rings. The number of anilines is 2. The fourth-order valence-corrected chi connectivity index (χ4v) is 10.5. The normalized spacial score (nSPS) is 10.8. The first-order valence-corrected chi connectivity index (χ1v) is 30.6. The van der Waals surface area contributed by atoms with Gasteiger partial charge in [-0.2, -0.15) is 9.97 Å². The maximum atomic E-state index is 13.4. The molecule has 0 fully saturated rings. The van der Waals surface area contributed by atoms with Gasteiger partial charge in [0, 0.05) is 69.0 Å². The molecule has 18 nitrogen and oxygen atoms in total. The highest BCUT2D eigenvalue weighted by atomic mass is 16.5.